The third kappa shape index (κ3) is 7.69. The smallest absolute Gasteiger partial charge is 0.475 e. The van der Waals surface area contributed by atoms with Gasteiger partial charge >= 0.3 is 12.1 Å². The highest BCUT2D eigenvalue weighted by molar-refractivity contribution is 5.98. The predicted octanol–water partition coefficient (Wildman–Crippen LogP) is 5.80. The van der Waals surface area contributed by atoms with E-state index in [1.54, 1.807) is 12.5 Å². The zero-order chi connectivity index (χ0) is 27.2. The van der Waals surface area contributed by atoms with E-state index in [9.17, 15) is 18.0 Å². The van der Waals surface area contributed by atoms with Crippen molar-refractivity contribution in [3.05, 3.63) is 41.7 Å². The molecule has 0 aromatic carbocycles. The van der Waals surface area contributed by atoms with Gasteiger partial charge in [-0.25, -0.2) is 14.8 Å². The summed E-state index contributed by atoms with van der Waals surface area (Å²) in [5, 5.41) is 10.5. The highest BCUT2D eigenvalue weighted by atomic mass is 19.4. The number of rotatable bonds is 5. The number of nitrogens with one attached hydrogen (secondary N) is 1. The van der Waals surface area contributed by atoms with Gasteiger partial charge in [-0.05, 0) is 43.7 Å². The van der Waals surface area contributed by atoms with Crippen LogP contribution in [0, 0.1) is 5.92 Å². The Kier molecular flexibility index (Phi) is 9.20. The number of carboxylic acid groups (broad SMARTS) is 1. The zero-order valence-corrected chi connectivity index (χ0v) is 21.5. The van der Waals surface area contributed by atoms with Crippen LogP contribution in [0.4, 0.5) is 19.0 Å². The second kappa shape index (κ2) is 12.0. The largest absolute Gasteiger partial charge is 0.490 e. The summed E-state index contributed by atoms with van der Waals surface area (Å²) in [7, 11) is 0. The van der Waals surface area contributed by atoms with Crippen LogP contribution >= 0.6 is 0 Å². The summed E-state index contributed by atoms with van der Waals surface area (Å²) >= 11 is 0. The molecule has 8 nitrogen and oxygen atoms in total. The summed E-state index contributed by atoms with van der Waals surface area (Å²) in [6.45, 7) is 7.57. The van der Waals surface area contributed by atoms with Crippen LogP contribution in [0.3, 0.4) is 0 Å². The topological polar surface area (TPSA) is 109 Å². The maximum Gasteiger partial charge on any atom is 0.490 e. The highest BCUT2D eigenvalue weighted by Crippen LogP contribution is 2.35. The molecule has 1 saturated heterocycles. The van der Waals surface area contributed by atoms with Crippen molar-refractivity contribution in [2.24, 2.45) is 5.92 Å². The number of furan rings is 1. The molecule has 1 unspecified atom stereocenters. The van der Waals surface area contributed by atoms with Crippen molar-refractivity contribution in [3.8, 4) is 0 Å². The van der Waals surface area contributed by atoms with Crippen molar-refractivity contribution in [2.75, 3.05) is 11.9 Å². The summed E-state index contributed by atoms with van der Waals surface area (Å²) in [4.78, 5) is 33.9. The molecule has 1 amide bonds. The zero-order valence-electron chi connectivity index (χ0n) is 21.5. The summed E-state index contributed by atoms with van der Waals surface area (Å²) < 4.78 is 37.2. The third-order valence-electron chi connectivity index (χ3n) is 6.70. The number of amides is 1. The Balaban J connectivity index is 0.000000479. The lowest BCUT2D eigenvalue weighted by Gasteiger charge is -2.34. The third-order valence-corrected chi connectivity index (χ3v) is 6.70. The average Bonchev–Trinajstić information content (AvgIpc) is 3.54. The summed E-state index contributed by atoms with van der Waals surface area (Å²) in [5.41, 5.74) is 0.373. The molecule has 2 fully saturated rings. The van der Waals surface area contributed by atoms with E-state index in [-0.39, 0.29) is 11.3 Å². The first-order chi connectivity index (χ1) is 17.4. The van der Waals surface area contributed by atoms with E-state index in [0.717, 1.165) is 31.0 Å². The second-order valence-corrected chi connectivity index (χ2v) is 10.5. The molecule has 1 saturated carbocycles. The summed E-state index contributed by atoms with van der Waals surface area (Å²) in [6.07, 6.45) is 6.91. The molecule has 0 radical (unpaired) electrons. The van der Waals surface area contributed by atoms with Crippen LogP contribution in [0.1, 0.15) is 87.7 Å². The quantitative estimate of drug-likeness (QED) is 0.509. The van der Waals surface area contributed by atoms with Crippen molar-refractivity contribution in [2.45, 2.75) is 89.9 Å². The first-order valence-corrected chi connectivity index (χ1v) is 12.6. The number of aromatic nitrogens is 2. The van der Waals surface area contributed by atoms with Crippen molar-refractivity contribution in [1.82, 2.24) is 14.9 Å². The lowest BCUT2D eigenvalue weighted by atomic mass is 9.83. The molecule has 2 N–H and O–H groups in total. The molecular weight excluding hydrogens is 489 g/mol. The van der Waals surface area contributed by atoms with Gasteiger partial charge in [0.05, 0.1) is 12.8 Å². The van der Waals surface area contributed by atoms with E-state index in [4.69, 9.17) is 19.3 Å². The molecular formula is C26H35F3N4O4. The fourth-order valence-electron chi connectivity index (χ4n) is 4.83. The van der Waals surface area contributed by atoms with E-state index < -0.39 is 12.1 Å². The molecule has 0 spiro atoms. The Morgan fingerprint density at radius 3 is 2.38 bits per heavy atom. The number of anilines is 1. The van der Waals surface area contributed by atoms with Crippen LogP contribution in [0.2, 0.25) is 0 Å². The molecule has 204 valence electrons. The number of carbonyl (C=O) groups is 2. The van der Waals surface area contributed by atoms with Gasteiger partial charge in [-0.15, -0.1) is 0 Å². The number of nitrogens with zero attached hydrogens (tertiary/aromatic N) is 3. The van der Waals surface area contributed by atoms with Crippen LogP contribution < -0.4 is 5.32 Å². The first-order valence-electron chi connectivity index (χ1n) is 12.6. The Morgan fingerprint density at radius 1 is 1.14 bits per heavy atom. The van der Waals surface area contributed by atoms with E-state index in [0.29, 0.717) is 29.9 Å². The maximum absolute atomic E-state index is 13.6. The molecule has 3 heterocycles. The van der Waals surface area contributed by atoms with Gasteiger partial charge < -0.3 is 19.7 Å². The van der Waals surface area contributed by atoms with Gasteiger partial charge in [-0.1, -0.05) is 40.0 Å². The Labute approximate surface area is 214 Å². The molecule has 2 aromatic rings. The molecule has 11 heteroatoms. The van der Waals surface area contributed by atoms with Gasteiger partial charge in [0.1, 0.15) is 23.0 Å². The number of halogens is 3. The van der Waals surface area contributed by atoms with Crippen molar-refractivity contribution >= 4 is 17.7 Å². The van der Waals surface area contributed by atoms with E-state index in [1.807, 2.05) is 12.1 Å². The van der Waals surface area contributed by atoms with Gasteiger partial charge in [-0.2, -0.15) is 13.2 Å². The predicted molar refractivity (Wildman–Crippen MR) is 131 cm³/mol. The minimum atomic E-state index is -5.08. The number of likely N-dealkylation sites (tertiary alicyclic amines) is 1. The molecule has 1 aliphatic heterocycles. The van der Waals surface area contributed by atoms with E-state index in [1.165, 1.54) is 32.1 Å². The minimum absolute atomic E-state index is 0.0606. The number of hydrogen-bond acceptors (Lipinski definition) is 6. The summed E-state index contributed by atoms with van der Waals surface area (Å²) in [5.74, 6) is 0.0833. The van der Waals surface area contributed by atoms with Crippen molar-refractivity contribution in [3.63, 3.8) is 0 Å². The van der Waals surface area contributed by atoms with Crippen molar-refractivity contribution < 1.29 is 32.3 Å². The normalized spacial score (nSPS) is 18.8. The monoisotopic (exact) mass is 524 g/mol. The van der Waals surface area contributed by atoms with Crippen LogP contribution in [0.5, 0.6) is 0 Å². The molecule has 2 aromatic heterocycles. The first kappa shape index (κ1) is 28.5. The van der Waals surface area contributed by atoms with Crippen LogP contribution in [-0.4, -0.2) is 50.6 Å². The number of alkyl halides is 3. The standard InChI is InChI=1S/C24H34N4O2.C2HF3O2/c1-24(2,3)23-26-16-19(21(27-23)25-15-18-11-8-14-30-18)22(29)28-13-7-12-20(28)17-9-5-4-6-10-17;3-2(4,5)1(6)7/h8,11,14,16-17,20H,4-7,9-10,12-13,15H2,1-3H3,(H,25,26,27);(H,6,7). The molecule has 4 rings (SSSR count). The molecule has 1 atom stereocenters. The molecule has 0 bridgehead atoms. The van der Waals surface area contributed by atoms with Gasteiger partial charge in [0, 0.05) is 24.2 Å². The fraction of sp³-hybridized carbons (Fsp3) is 0.615. The van der Waals surface area contributed by atoms with Crippen LogP contribution in [-0.2, 0) is 16.8 Å². The number of hydrogen-bond donors (Lipinski definition) is 2. The fourth-order valence-corrected chi connectivity index (χ4v) is 4.83. The second-order valence-electron chi connectivity index (χ2n) is 10.5. The average molecular weight is 525 g/mol. The maximum atomic E-state index is 13.6. The van der Waals surface area contributed by atoms with Crippen molar-refractivity contribution in [1.29, 1.82) is 0 Å². The number of aliphatic carboxylic acids is 1. The van der Waals surface area contributed by atoms with Gasteiger partial charge in [-0.3, -0.25) is 4.79 Å². The van der Waals surface area contributed by atoms with E-state index in [2.05, 4.69) is 36.0 Å². The Bertz CT molecular complexity index is 1050. The van der Waals surface area contributed by atoms with Gasteiger partial charge in [0.2, 0.25) is 0 Å². The SMILES string of the molecule is CC(C)(C)c1ncc(C(=O)N2CCCC2C2CCCCC2)c(NCc2ccco2)n1.O=C(O)C(F)(F)F. The van der Waals surface area contributed by atoms with Crippen LogP contribution in [0.15, 0.2) is 29.0 Å². The van der Waals surface area contributed by atoms with Crippen LogP contribution in [0.25, 0.3) is 0 Å². The Hall–Kier alpha value is -3.11. The lowest BCUT2D eigenvalue weighted by Crippen LogP contribution is -2.41. The molecule has 37 heavy (non-hydrogen) atoms. The van der Waals surface area contributed by atoms with Gasteiger partial charge in [0.15, 0.2) is 0 Å². The Morgan fingerprint density at radius 2 is 1.81 bits per heavy atom. The molecule has 2 aliphatic rings. The lowest BCUT2D eigenvalue weighted by molar-refractivity contribution is -0.192. The highest BCUT2D eigenvalue weighted by Gasteiger charge is 2.38. The van der Waals surface area contributed by atoms with E-state index >= 15 is 0 Å². The number of carboxylic acids is 1. The minimum Gasteiger partial charge on any atom is -0.475 e. The summed E-state index contributed by atoms with van der Waals surface area (Å²) in [6, 6.07) is 4.14. The molecule has 1 aliphatic carbocycles. The number of carbonyl (C=O) groups excluding carboxylic acids is 1. The van der Waals surface area contributed by atoms with Gasteiger partial charge in [0.25, 0.3) is 5.91 Å².